The summed E-state index contributed by atoms with van der Waals surface area (Å²) in [6, 6.07) is 31.0. The summed E-state index contributed by atoms with van der Waals surface area (Å²) in [7, 11) is 0. The van der Waals surface area contributed by atoms with Gasteiger partial charge in [0.1, 0.15) is 12.7 Å². The van der Waals surface area contributed by atoms with Crippen LogP contribution in [0.4, 0.5) is 0 Å². The summed E-state index contributed by atoms with van der Waals surface area (Å²) < 4.78 is 21.1. The van der Waals surface area contributed by atoms with Gasteiger partial charge in [-0.2, -0.15) is 0 Å². The van der Waals surface area contributed by atoms with E-state index in [1.165, 1.54) is 48.5 Å². The first-order valence-corrected chi connectivity index (χ1v) is 14.4. The van der Waals surface area contributed by atoms with Crippen LogP contribution in [0.1, 0.15) is 41.4 Å². The van der Waals surface area contributed by atoms with Crippen LogP contribution >= 0.6 is 15.9 Å². The zero-order valence-electron chi connectivity index (χ0n) is 23.6. The van der Waals surface area contributed by atoms with E-state index in [-0.39, 0.29) is 22.3 Å². The molecule has 4 atom stereocenters. The molecular formula is C34H27BrO10. The lowest BCUT2D eigenvalue weighted by molar-refractivity contribution is -0.144. The molecule has 4 aromatic rings. The first-order valence-electron chi connectivity index (χ1n) is 13.6. The average molecular weight is 675 g/mol. The molecule has 1 N–H and O–H groups in total. The Hall–Kier alpha value is -5.13. The molecule has 0 fully saturated rings. The normalized spacial score (nSPS) is 13.3. The third-order valence-corrected chi connectivity index (χ3v) is 6.82. The minimum atomic E-state index is -1.93. The quantitative estimate of drug-likeness (QED) is 0.119. The molecule has 0 aromatic heterocycles. The molecule has 45 heavy (non-hydrogen) atoms. The van der Waals surface area contributed by atoms with E-state index in [0.29, 0.717) is 0 Å². The van der Waals surface area contributed by atoms with E-state index in [0.717, 1.165) is 0 Å². The number of benzene rings is 4. The molecular weight excluding hydrogens is 648 g/mol. The summed E-state index contributed by atoms with van der Waals surface area (Å²) >= 11 is 2.80. The Kier molecular flexibility index (Phi) is 11.7. The van der Waals surface area contributed by atoms with Gasteiger partial charge < -0.3 is 24.1 Å². The first-order chi connectivity index (χ1) is 21.7. The van der Waals surface area contributed by atoms with Crippen molar-refractivity contribution in [3.05, 3.63) is 144 Å². The number of carbonyl (C=O) groups is 5. The van der Waals surface area contributed by atoms with E-state index in [4.69, 9.17) is 18.9 Å². The van der Waals surface area contributed by atoms with Gasteiger partial charge in [-0.05, 0) is 64.5 Å². The lowest BCUT2D eigenvalue weighted by atomic mass is 10.0. The highest BCUT2D eigenvalue weighted by Crippen LogP contribution is 2.23. The van der Waals surface area contributed by atoms with Crippen molar-refractivity contribution in [1.29, 1.82) is 0 Å². The smallest absolute Gasteiger partial charge is 0.339 e. The molecule has 0 heterocycles. The molecule has 10 nitrogen and oxygen atoms in total. The van der Waals surface area contributed by atoms with Crippen LogP contribution in [-0.2, 0) is 23.7 Å². The van der Waals surface area contributed by atoms with Crippen molar-refractivity contribution in [2.45, 2.75) is 24.4 Å². The van der Waals surface area contributed by atoms with Crippen molar-refractivity contribution in [1.82, 2.24) is 0 Å². The van der Waals surface area contributed by atoms with Crippen molar-refractivity contribution in [2.24, 2.45) is 0 Å². The Balaban J connectivity index is 1.71. The second-order valence-electron chi connectivity index (χ2n) is 9.50. The Morgan fingerprint density at radius 1 is 0.511 bits per heavy atom. The zero-order valence-corrected chi connectivity index (χ0v) is 25.1. The first kappa shape index (κ1) is 32.8. The number of aliphatic hydroxyl groups excluding tert-OH is 1. The van der Waals surface area contributed by atoms with Crippen LogP contribution in [0, 0.1) is 0 Å². The summed E-state index contributed by atoms with van der Waals surface area (Å²) in [6.07, 6.45) is -7.61. The van der Waals surface area contributed by atoms with Crippen molar-refractivity contribution in [3.63, 3.8) is 0 Å². The molecule has 0 radical (unpaired) electrons. The molecule has 0 saturated heterocycles. The van der Waals surface area contributed by atoms with E-state index in [2.05, 4.69) is 15.9 Å². The zero-order chi connectivity index (χ0) is 32.2. The summed E-state index contributed by atoms with van der Waals surface area (Å²) in [5.41, 5.74) is 0.363. The van der Waals surface area contributed by atoms with Gasteiger partial charge in [0.05, 0.1) is 22.3 Å². The van der Waals surface area contributed by atoms with Crippen LogP contribution in [-0.4, -0.2) is 64.7 Å². The summed E-state index contributed by atoms with van der Waals surface area (Å²) in [6.45, 7) is -0.754. The highest BCUT2D eigenvalue weighted by molar-refractivity contribution is 9.18. The predicted molar refractivity (Wildman–Crippen MR) is 164 cm³/mol. The second-order valence-corrected chi connectivity index (χ2v) is 10.3. The van der Waals surface area contributed by atoms with E-state index >= 15 is 0 Å². The van der Waals surface area contributed by atoms with Gasteiger partial charge in [0.25, 0.3) is 0 Å². The molecule has 0 aliphatic heterocycles. The number of aliphatic hydroxyl groups is 1. The fraction of sp³-hybridized carbons (Fsp3) is 0.147. The fourth-order valence-corrected chi connectivity index (χ4v) is 4.47. The van der Waals surface area contributed by atoms with Crippen LogP contribution in [0.5, 0.6) is 0 Å². The monoisotopic (exact) mass is 674 g/mol. The van der Waals surface area contributed by atoms with Crippen LogP contribution in [0.15, 0.2) is 121 Å². The van der Waals surface area contributed by atoms with Crippen LogP contribution in [0.25, 0.3) is 0 Å². The maximum Gasteiger partial charge on any atom is 0.339 e. The average Bonchev–Trinajstić information content (AvgIpc) is 3.08. The van der Waals surface area contributed by atoms with Gasteiger partial charge in [-0.3, -0.25) is 4.79 Å². The standard InChI is InChI=1S/C34H27BrO10/c35-30(37)29(45-34(41)25-19-11-4-12-20-25)28(44-33(40)24-17-9-3-10-18-24)27(43-32(39)23-15-7-2-8-16-23)26(36)21-42-31(38)22-13-5-1-6-14-22/h1-20,26-29,36H,21H2/t26-,27-,28+,29+/m1/s1. The van der Waals surface area contributed by atoms with Gasteiger partial charge in [-0.25, -0.2) is 19.2 Å². The summed E-state index contributed by atoms with van der Waals surface area (Å²) in [5.74, 6) is -3.72. The topological polar surface area (TPSA) is 143 Å². The minimum Gasteiger partial charge on any atom is -0.459 e. The number of rotatable bonds is 13. The van der Waals surface area contributed by atoms with Gasteiger partial charge >= 0.3 is 23.9 Å². The molecule has 0 unspecified atom stereocenters. The molecule has 0 aliphatic rings. The third kappa shape index (κ3) is 9.18. The molecule has 4 aromatic carbocycles. The molecule has 0 amide bonds. The largest absolute Gasteiger partial charge is 0.459 e. The molecule has 0 spiro atoms. The number of ether oxygens (including phenoxy) is 4. The lowest BCUT2D eigenvalue weighted by Gasteiger charge is -2.33. The maximum atomic E-state index is 13.3. The Bertz CT molecular complexity index is 1600. The number of esters is 4. The predicted octanol–water partition coefficient (Wildman–Crippen LogP) is 4.80. The van der Waals surface area contributed by atoms with E-state index < -0.39 is 59.6 Å². The van der Waals surface area contributed by atoms with Crippen molar-refractivity contribution in [2.75, 3.05) is 6.61 Å². The van der Waals surface area contributed by atoms with Gasteiger partial charge in [0.15, 0.2) is 12.2 Å². The van der Waals surface area contributed by atoms with E-state index in [1.807, 2.05) is 0 Å². The minimum absolute atomic E-state index is 0.0517. The molecule has 0 saturated carbocycles. The molecule has 230 valence electrons. The highest BCUT2D eigenvalue weighted by atomic mass is 79.9. The Morgan fingerprint density at radius 3 is 1.22 bits per heavy atom. The molecule has 4 rings (SSSR count). The lowest BCUT2D eigenvalue weighted by Crippen LogP contribution is -2.53. The van der Waals surface area contributed by atoms with Gasteiger partial charge in [0.2, 0.25) is 10.8 Å². The van der Waals surface area contributed by atoms with Gasteiger partial charge in [-0.15, -0.1) is 0 Å². The number of halogens is 1. The highest BCUT2D eigenvalue weighted by Gasteiger charge is 2.46. The molecule has 0 aliphatic carbocycles. The van der Waals surface area contributed by atoms with Gasteiger partial charge in [-0.1, -0.05) is 72.8 Å². The fourth-order valence-electron chi connectivity index (χ4n) is 4.11. The van der Waals surface area contributed by atoms with Crippen molar-refractivity contribution < 1.29 is 48.0 Å². The van der Waals surface area contributed by atoms with Crippen molar-refractivity contribution >= 4 is 44.5 Å². The summed E-state index contributed by atoms with van der Waals surface area (Å²) in [4.78, 5) is 65.1. The Morgan fingerprint density at radius 2 is 0.844 bits per heavy atom. The number of hydrogen-bond donors (Lipinski definition) is 1. The maximum absolute atomic E-state index is 13.3. The van der Waals surface area contributed by atoms with E-state index in [9.17, 15) is 29.1 Å². The third-order valence-electron chi connectivity index (χ3n) is 6.37. The van der Waals surface area contributed by atoms with Crippen LogP contribution in [0.2, 0.25) is 0 Å². The summed E-state index contributed by atoms with van der Waals surface area (Å²) in [5, 5.41) is 11.3. The van der Waals surface area contributed by atoms with Crippen LogP contribution in [0.3, 0.4) is 0 Å². The second kappa shape index (κ2) is 16.1. The Labute approximate surface area is 266 Å². The van der Waals surface area contributed by atoms with E-state index in [1.54, 1.807) is 72.8 Å². The molecule has 0 bridgehead atoms. The van der Waals surface area contributed by atoms with Crippen molar-refractivity contribution in [3.8, 4) is 0 Å². The number of hydrogen-bond acceptors (Lipinski definition) is 10. The van der Waals surface area contributed by atoms with Gasteiger partial charge in [0, 0.05) is 0 Å². The number of carbonyl (C=O) groups excluding carboxylic acids is 5. The van der Waals surface area contributed by atoms with Crippen LogP contribution < -0.4 is 0 Å². The SMILES string of the molecule is O=C(OC[C@@H](O)[C@@H](OC(=O)c1ccccc1)[C@H](OC(=O)c1ccccc1)[C@H](OC(=O)c1ccccc1)C(=O)Br)c1ccccc1. The molecule has 11 heteroatoms.